The zero-order chi connectivity index (χ0) is 19.6. The van der Waals surface area contributed by atoms with Gasteiger partial charge in [0.15, 0.2) is 0 Å². The standard InChI is InChI=1S/C20H21FN4O2/c1-12(2)25-11-17(19(24-25)14-4-6-16(21)7-5-14)15-8-9-22-18(10-15)23-20(27)13(3)26/h4-13,26H,1-3H3,(H,22,23,27)/t13-/m0/s1. The SMILES string of the molecule is CC(C)n1cc(-c2ccnc(NC(=O)[C@H](C)O)c2)c(-c2ccc(F)cc2)n1. The average molecular weight is 368 g/mol. The highest BCUT2D eigenvalue weighted by Crippen LogP contribution is 2.32. The number of anilines is 1. The van der Waals surface area contributed by atoms with Gasteiger partial charge in [0.05, 0.1) is 0 Å². The molecule has 0 aliphatic rings. The van der Waals surface area contributed by atoms with E-state index in [1.54, 1.807) is 24.4 Å². The maximum absolute atomic E-state index is 13.3. The van der Waals surface area contributed by atoms with Crippen molar-refractivity contribution >= 4 is 11.7 Å². The lowest BCUT2D eigenvalue weighted by atomic mass is 10.0. The normalized spacial score (nSPS) is 12.2. The fourth-order valence-corrected chi connectivity index (χ4v) is 2.59. The fourth-order valence-electron chi connectivity index (χ4n) is 2.59. The molecule has 0 unspecified atom stereocenters. The Kier molecular flexibility index (Phi) is 5.32. The number of carbonyl (C=O) groups is 1. The molecular weight excluding hydrogens is 347 g/mol. The number of benzene rings is 1. The van der Waals surface area contributed by atoms with Crippen molar-refractivity contribution in [3.8, 4) is 22.4 Å². The molecule has 2 aromatic heterocycles. The molecule has 0 saturated carbocycles. The molecule has 0 fully saturated rings. The highest BCUT2D eigenvalue weighted by molar-refractivity contribution is 5.93. The van der Waals surface area contributed by atoms with Crippen LogP contribution in [0.2, 0.25) is 0 Å². The van der Waals surface area contributed by atoms with E-state index in [9.17, 15) is 14.3 Å². The van der Waals surface area contributed by atoms with E-state index in [1.807, 2.05) is 30.8 Å². The summed E-state index contributed by atoms with van der Waals surface area (Å²) in [6.07, 6.45) is 2.36. The van der Waals surface area contributed by atoms with Gasteiger partial charge in [-0.3, -0.25) is 9.48 Å². The van der Waals surface area contributed by atoms with E-state index in [0.29, 0.717) is 11.5 Å². The molecule has 0 aliphatic heterocycles. The van der Waals surface area contributed by atoms with Crippen molar-refractivity contribution in [3.05, 3.63) is 54.6 Å². The van der Waals surface area contributed by atoms with E-state index in [2.05, 4.69) is 15.4 Å². The van der Waals surface area contributed by atoms with Crippen LogP contribution in [-0.4, -0.2) is 31.9 Å². The summed E-state index contributed by atoms with van der Waals surface area (Å²) in [5.74, 6) is -0.507. The molecule has 0 spiro atoms. The second-order valence-corrected chi connectivity index (χ2v) is 6.57. The quantitative estimate of drug-likeness (QED) is 0.720. The number of carbonyl (C=O) groups excluding carboxylic acids is 1. The van der Waals surface area contributed by atoms with Crippen molar-refractivity contribution in [1.82, 2.24) is 14.8 Å². The molecule has 3 rings (SSSR count). The number of aliphatic hydroxyl groups is 1. The first-order chi connectivity index (χ1) is 12.8. The molecule has 0 aliphatic carbocycles. The van der Waals surface area contributed by atoms with Crippen LogP contribution >= 0.6 is 0 Å². The Balaban J connectivity index is 2.05. The van der Waals surface area contributed by atoms with Gasteiger partial charge >= 0.3 is 0 Å². The molecule has 0 saturated heterocycles. The summed E-state index contributed by atoms with van der Waals surface area (Å²) in [6, 6.07) is 9.84. The Morgan fingerprint density at radius 3 is 2.48 bits per heavy atom. The maximum Gasteiger partial charge on any atom is 0.254 e. The molecule has 3 aromatic rings. The summed E-state index contributed by atoms with van der Waals surface area (Å²) >= 11 is 0. The lowest BCUT2D eigenvalue weighted by Crippen LogP contribution is -2.24. The molecular formula is C20H21FN4O2. The van der Waals surface area contributed by atoms with E-state index in [-0.39, 0.29) is 11.9 Å². The number of aromatic nitrogens is 3. The van der Waals surface area contributed by atoms with Gasteiger partial charge in [0.2, 0.25) is 0 Å². The van der Waals surface area contributed by atoms with Gasteiger partial charge in [0.25, 0.3) is 5.91 Å². The van der Waals surface area contributed by atoms with Gasteiger partial charge in [-0.1, -0.05) is 0 Å². The number of nitrogens with one attached hydrogen (secondary N) is 1. The van der Waals surface area contributed by atoms with Crippen molar-refractivity contribution in [3.63, 3.8) is 0 Å². The molecule has 0 bridgehead atoms. The third-order valence-electron chi connectivity index (χ3n) is 4.08. The third kappa shape index (κ3) is 4.20. The summed E-state index contributed by atoms with van der Waals surface area (Å²) in [5, 5.41) is 16.6. The van der Waals surface area contributed by atoms with Crippen LogP contribution in [0.5, 0.6) is 0 Å². The Morgan fingerprint density at radius 1 is 1.15 bits per heavy atom. The number of hydrogen-bond donors (Lipinski definition) is 2. The molecule has 2 N–H and O–H groups in total. The van der Waals surface area contributed by atoms with Gasteiger partial charge in [0, 0.05) is 29.6 Å². The van der Waals surface area contributed by atoms with E-state index in [0.717, 1.165) is 16.7 Å². The van der Waals surface area contributed by atoms with Crippen LogP contribution in [-0.2, 0) is 4.79 Å². The second kappa shape index (κ2) is 7.67. The van der Waals surface area contributed by atoms with E-state index in [1.165, 1.54) is 19.1 Å². The number of amides is 1. The average Bonchev–Trinajstić information content (AvgIpc) is 3.08. The van der Waals surface area contributed by atoms with Crippen LogP contribution < -0.4 is 5.32 Å². The number of aliphatic hydroxyl groups excluding tert-OH is 1. The molecule has 7 heteroatoms. The molecule has 1 aromatic carbocycles. The Hall–Kier alpha value is -3.06. The lowest BCUT2D eigenvalue weighted by molar-refractivity contribution is -0.123. The fraction of sp³-hybridized carbons (Fsp3) is 0.250. The van der Waals surface area contributed by atoms with Crippen LogP contribution in [0.3, 0.4) is 0 Å². The summed E-state index contributed by atoms with van der Waals surface area (Å²) in [6.45, 7) is 5.43. The van der Waals surface area contributed by atoms with Crippen molar-refractivity contribution in [1.29, 1.82) is 0 Å². The van der Waals surface area contributed by atoms with E-state index >= 15 is 0 Å². The minimum atomic E-state index is -1.13. The van der Waals surface area contributed by atoms with Crippen LogP contribution in [0.25, 0.3) is 22.4 Å². The highest BCUT2D eigenvalue weighted by Gasteiger charge is 2.16. The molecule has 6 nitrogen and oxygen atoms in total. The molecule has 0 radical (unpaired) electrons. The first-order valence-electron chi connectivity index (χ1n) is 8.65. The molecule has 140 valence electrons. The smallest absolute Gasteiger partial charge is 0.254 e. The highest BCUT2D eigenvalue weighted by atomic mass is 19.1. The van der Waals surface area contributed by atoms with E-state index < -0.39 is 12.0 Å². The van der Waals surface area contributed by atoms with Crippen LogP contribution in [0.1, 0.15) is 26.8 Å². The topological polar surface area (TPSA) is 80.0 Å². The number of pyridine rings is 1. The van der Waals surface area contributed by atoms with Crippen LogP contribution in [0, 0.1) is 5.82 Å². The van der Waals surface area contributed by atoms with Gasteiger partial charge < -0.3 is 10.4 Å². The van der Waals surface area contributed by atoms with Gasteiger partial charge in [0.1, 0.15) is 23.4 Å². The molecule has 1 amide bonds. The Labute approximate surface area is 156 Å². The van der Waals surface area contributed by atoms with Crippen molar-refractivity contribution < 1.29 is 14.3 Å². The minimum absolute atomic E-state index is 0.147. The van der Waals surface area contributed by atoms with Crippen molar-refractivity contribution in [2.24, 2.45) is 0 Å². The Bertz CT molecular complexity index is 949. The van der Waals surface area contributed by atoms with Crippen LogP contribution in [0.4, 0.5) is 10.2 Å². The number of nitrogens with zero attached hydrogens (tertiary/aromatic N) is 3. The number of rotatable bonds is 5. The molecule has 2 heterocycles. The van der Waals surface area contributed by atoms with Crippen molar-refractivity contribution in [2.75, 3.05) is 5.32 Å². The molecule has 27 heavy (non-hydrogen) atoms. The third-order valence-corrected chi connectivity index (χ3v) is 4.08. The summed E-state index contributed by atoms with van der Waals surface area (Å²) in [7, 11) is 0. The van der Waals surface area contributed by atoms with Gasteiger partial charge in [-0.15, -0.1) is 0 Å². The lowest BCUT2D eigenvalue weighted by Gasteiger charge is -2.08. The minimum Gasteiger partial charge on any atom is -0.384 e. The monoisotopic (exact) mass is 368 g/mol. The Morgan fingerprint density at radius 2 is 1.85 bits per heavy atom. The summed E-state index contributed by atoms with van der Waals surface area (Å²) in [5.41, 5.74) is 3.14. The van der Waals surface area contributed by atoms with Crippen molar-refractivity contribution in [2.45, 2.75) is 32.9 Å². The first-order valence-corrected chi connectivity index (χ1v) is 8.65. The van der Waals surface area contributed by atoms with E-state index in [4.69, 9.17) is 0 Å². The predicted octanol–water partition coefficient (Wildman–Crippen LogP) is 3.65. The maximum atomic E-state index is 13.3. The molecule has 1 atom stereocenters. The first kappa shape index (κ1) is 18.7. The predicted molar refractivity (Wildman–Crippen MR) is 102 cm³/mol. The summed E-state index contributed by atoms with van der Waals surface area (Å²) < 4.78 is 15.1. The largest absolute Gasteiger partial charge is 0.384 e. The number of hydrogen-bond acceptors (Lipinski definition) is 4. The van der Waals surface area contributed by atoms with Crippen LogP contribution in [0.15, 0.2) is 48.8 Å². The summed E-state index contributed by atoms with van der Waals surface area (Å²) in [4.78, 5) is 15.8. The van der Waals surface area contributed by atoms with Gasteiger partial charge in [-0.05, 0) is 62.7 Å². The zero-order valence-electron chi connectivity index (χ0n) is 15.3. The second-order valence-electron chi connectivity index (χ2n) is 6.57. The zero-order valence-corrected chi connectivity index (χ0v) is 15.3. The van der Waals surface area contributed by atoms with Gasteiger partial charge in [-0.25, -0.2) is 9.37 Å². The number of halogens is 1. The van der Waals surface area contributed by atoms with Gasteiger partial charge in [-0.2, -0.15) is 5.10 Å².